The van der Waals surface area contributed by atoms with Crippen LogP contribution in [0.4, 0.5) is 0 Å². The second-order valence-electron chi connectivity index (χ2n) is 9.32. The summed E-state index contributed by atoms with van der Waals surface area (Å²) in [5.74, 6) is 0.0277. The second-order valence-corrected chi connectivity index (χ2v) is 9.32. The van der Waals surface area contributed by atoms with Crippen LogP contribution in [-0.4, -0.2) is 51.8 Å². The van der Waals surface area contributed by atoms with Crippen molar-refractivity contribution in [2.45, 2.75) is 44.9 Å². The molecule has 6 nitrogen and oxygen atoms in total. The number of imidazole rings is 1. The third kappa shape index (κ3) is 4.56. The normalized spacial score (nSPS) is 19.1. The van der Waals surface area contributed by atoms with Gasteiger partial charge < -0.3 is 19.3 Å². The Kier molecular flexibility index (Phi) is 6.35. The number of carboxylic acid groups (broad SMARTS) is 1. The summed E-state index contributed by atoms with van der Waals surface area (Å²) in [6.45, 7) is 5.12. The van der Waals surface area contributed by atoms with E-state index in [2.05, 4.69) is 47.7 Å². The molecule has 1 aromatic heterocycles. The number of benzene rings is 2. The lowest BCUT2D eigenvalue weighted by atomic mass is 9.99. The summed E-state index contributed by atoms with van der Waals surface area (Å²) in [5.41, 5.74) is 6.53. The predicted molar refractivity (Wildman–Crippen MR) is 133 cm³/mol. The first kappa shape index (κ1) is 22.6. The number of ether oxygens (including phenoxy) is 1. The SMILES string of the molecule is Cc1c(-c2ccc(/C=C/C(=O)O)cc2)nc2n1CCc1ccccc1C2OC1CCN(C)CC1. The average Bonchev–Trinajstić information content (AvgIpc) is 3.08. The van der Waals surface area contributed by atoms with Gasteiger partial charge in [-0.05, 0) is 56.0 Å². The number of hydrogen-bond donors (Lipinski definition) is 1. The molecule has 2 aliphatic rings. The van der Waals surface area contributed by atoms with Crippen molar-refractivity contribution < 1.29 is 14.6 Å². The number of fused-ring (bicyclic) bond motifs is 2. The smallest absolute Gasteiger partial charge is 0.328 e. The molecule has 0 spiro atoms. The van der Waals surface area contributed by atoms with Crippen LogP contribution in [0, 0.1) is 6.92 Å². The van der Waals surface area contributed by atoms with Crippen molar-refractivity contribution in [2.24, 2.45) is 0 Å². The summed E-state index contributed by atoms with van der Waals surface area (Å²) in [5, 5.41) is 8.87. The molecule has 5 rings (SSSR count). The minimum atomic E-state index is -0.950. The lowest BCUT2D eigenvalue weighted by Gasteiger charge is -2.32. The van der Waals surface area contributed by atoms with Crippen molar-refractivity contribution in [2.75, 3.05) is 20.1 Å². The van der Waals surface area contributed by atoms with Gasteiger partial charge in [0.2, 0.25) is 0 Å². The molecule has 34 heavy (non-hydrogen) atoms. The van der Waals surface area contributed by atoms with Gasteiger partial charge in [-0.25, -0.2) is 9.78 Å². The number of aromatic nitrogens is 2. The number of rotatable bonds is 5. The maximum atomic E-state index is 10.8. The Labute approximate surface area is 200 Å². The molecule has 0 bridgehead atoms. The number of nitrogens with zero attached hydrogens (tertiary/aromatic N) is 3. The fourth-order valence-electron chi connectivity index (χ4n) is 5.07. The minimum absolute atomic E-state index is 0.183. The number of hydrogen-bond acceptors (Lipinski definition) is 4. The van der Waals surface area contributed by atoms with Gasteiger partial charge in [0, 0.05) is 37.0 Å². The second kappa shape index (κ2) is 9.57. The molecule has 1 unspecified atom stereocenters. The van der Waals surface area contributed by atoms with E-state index in [0.717, 1.165) is 73.3 Å². The number of piperidine rings is 1. The molecule has 0 radical (unpaired) electrons. The molecule has 0 aliphatic carbocycles. The maximum Gasteiger partial charge on any atom is 0.328 e. The van der Waals surface area contributed by atoms with Crippen molar-refractivity contribution in [1.82, 2.24) is 14.5 Å². The van der Waals surface area contributed by atoms with Crippen LogP contribution >= 0.6 is 0 Å². The van der Waals surface area contributed by atoms with Crippen LogP contribution in [0.2, 0.25) is 0 Å². The van der Waals surface area contributed by atoms with Gasteiger partial charge in [0.15, 0.2) is 0 Å². The fraction of sp³-hybridized carbons (Fsp3) is 0.357. The third-order valence-corrected chi connectivity index (χ3v) is 7.02. The zero-order valence-electron chi connectivity index (χ0n) is 19.8. The molecule has 3 heterocycles. The predicted octanol–water partition coefficient (Wildman–Crippen LogP) is 4.71. The molecule has 3 aromatic rings. The first-order valence-corrected chi connectivity index (χ1v) is 12.0. The molecular weight excluding hydrogens is 426 g/mol. The zero-order valence-corrected chi connectivity index (χ0v) is 19.8. The van der Waals surface area contributed by atoms with Gasteiger partial charge in [-0.2, -0.15) is 0 Å². The molecule has 1 saturated heterocycles. The Balaban J connectivity index is 1.51. The number of likely N-dealkylation sites (tertiary alicyclic amines) is 1. The van der Waals surface area contributed by atoms with Crippen molar-refractivity contribution in [3.05, 3.63) is 82.8 Å². The van der Waals surface area contributed by atoms with Gasteiger partial charge >= 0.3 is 5.97 Å². The third-order valence-electron chi connectivity index (χ3n) is 7.02. The Morgan fingerprint density at radius 3 is 2.56 bits per heavy atom. The van der Waals surface area contributed by atoms with Gasteiger partial charge in [-0.1, -0.05) is 48.5 Å². The van der Waals surface area contributed by atoms with E-state index in [1.165, 1.54) is 11.1 Å². The molecule has 1 N–H and O–H groups in total. The van der Waals surface area contributed by atoms with E-state index in [1.54, 1.807) is 6.08 Å². The summed E-state index contributed by atoms with van der Waals surface area (Å²) in [4.78, 5) is 18.3. The Hall–Kier alpha value is -3.22. The highest BCUT2D eigenvalue weighted by Gasteiger charge is 2.32. The van der Waals surface area contributed by atoms with Crippen LogP contribution in [0.15, 0.2) is 54.6 Å². The summed E-state index contributed by atoms with van der Waals surface area (Å²) < 4.78 is 9.14. The molecule has 6 heteroatoms. The van der Waals surface area contributed by atoms with E-state index in [9.17, 15) is 4.79 Å². The van der Waals surface area contributed by atoms with E-state index in [1.807, 2.05) is 24.3 Å². The summed E-state index contributed by atoms with van der Waals surface area (Å²) in [6.07, 6.45) is 5.82. The molecule has 2 aliphatic heterocycles. The van der Waals surface area contributed by atoms with Gasteiger partial charge in [-0.15, -0.1) is 0 Å². The Bertz CT molecular complexity index is 1200. The molecule has 0 saturated carbocycles. The lowest BCUT2D eigenvalue weighted by Crippen LogP contribution is -2.35. The Morgan fingerprint density at radius 2 is 1.82 bits per heavy atom. The molecule has 2 aromatic carbocycles. The summed E-state index contributed by atoms with van der Waals surface area (Å²) >= 11 is 0. The fourth-order valence-corrected chi connectivity index (χ4v) is 5.07. The average molecular weight is 458 g/mol. The standard InChI is InChI=1S/C28H31N3O3/c1-19-26(22-10-7-20(8-11-22)9-12-25(32)33)29-28-27(34-23-14-16-30(2)17-15-23)24-6-4-3-5-21(24)13-18-31(19)28/h3-12,23,27H,13-18H2,1-2H3,(H,32,33)/b12-9+. The van der Waals surface area contributed by atoms with Gasteiger partial charge in [0.25, 0.3) is 0 Å². The van der Waals surface area contributed by atoms with E-state index in [4.69, 9.17) is 14.8 Å². The Morgan fingerprint density at radius 1 is 1.09 bits per heavy atom. The van der Waals surface area contributed by atoms with E-state index in [-0.39, 0.29) is 12.2 Å². The van der Waals surface area contributed by atoms with Crippen molar-refractivity contribution in [3.8, 4) is 11.3 Å². The first-order valence-electron chi connectivity index (χ1n) is 12.0. The van der Waals surface area contributed by atoms with Gasteiger partial charge in [-0.3, -0.25) is 0 Å². The van der Waals surface area contributed by atoms with E-state index < -0.39 is 5.97 Å². The quantitative estimate of drug-likeness (QED) is 0.562. The molecule has 176 valence electrons. The molecule has 0 amide bonds. The molecular formula is C28H31N3O3. The van der Waals surface area contributed by atoms with E-state index in [0.29, 0.717) is 0 Å². The topological polar surface area (TPSA) is 67.6 Å². The number of carbonyl (C=O) groups is 1. The molecule has 1 fully saturated rings. The van der Waals surface area contributed by atoms with Crippen LogP contribution < -0.4 is 0 Å². The minimum Gasteiger partial charge on any atom is -0.478 e. The van der Waals surface area contributed by atoms with Crippen LogP contribution in [-0.2, 0) is 22.5 Å². The molecule has 1 atom stereocenters. The summed E-state index contributed by atoms with van der Waals surface area (Å²) in [7, 11) is 2.17. The van der Waals surface area contributed by atoms with Crippen molar-refractivity contribution in [1.29, 1.82) is 0 Å². The first-order chi connectivity index (χ1) is 16.5. The summed E-state index contributed by atoms with van der Waals surface area (Å²) in [6, 6.07) is 16.5. The zero-order chi connectivity index (χ0) is 23.7. The van der Waals surface area contributed by atoms with Crippen LogP contribution in [0.1, 0.15) is 47.2 Å². The highest BCUT2D eigenvalue weighted by Crippen LogP contribution is 2.37. The largest absolute Gasteiger partial charge is 0.478 e. The van der Waals surface area contributed by atoms with Crippen molar-refractivity contribution >= 4 is 12.0 Å². The number of aliphatic carboxylic acids is 1. The maximum absolute atomic E-state index is 10.8. The van der Waals surface area contributed by atoms with Gasteiger partial charge in [0.1, 0.15) is 11.9 Å². The highest BCUT2D eigenvalue weighted by molar-refractivity contribution is 5.85. The number of carboxylic acids is 1. The lowest BCUT2D eigenvalue weighted by molar-refractivity contribution is -0.131. The number of aryl methyl sites for hydroxylation is 1. The monoisotopic (exact) mass is 457 g/mol. The van der Waals surface area contributed by atoms with Crippen molar-refractivity contribution in [3.63, 3.8) is 0 Å². The van der Waals surface area contributed by atoms with Crippen LogP contribution in [0.25, 0.3) is 17.3 Å². The van der Waals surface area contributed by atoms with E-state index >= 15 is 0 Å². The highest BCUT2D eigenvalue weighted by atomic mass is 16.5. The van der Waals surface area contributed by atoms with Crippen LogP contribution in [0.3, 0.4) is 0 Å². The van der Waals surface area contributed by atoms with Gasteiger partial charge in [0.05, 0.1) is 11.8 Å². The van der Waals surface area contributed by atoms with Crippen LogP contribution in [0.5, 0.6) is 0 Å².